The Morgan fingerprint density at radius 2 is 1.79 bits per heavy atom. The van der Waals surface area contributed by atoms with Crippen molar-refractivity contribution in [1.82, 2.24) is 15.0 Å². The summed E-state index contributed by atoms with van der Waals surface area (Å²) in [6.45, 7) is 1.95. The molecule has 2 aromatic carbocycles. The van der Waals surface area contributed by atoms with Crippen molar-refractivity contribution in [1.29, 1.82) is 0 Å². The lowest BCUT2D eigenvalue weighted by atomic mass is 10.0. The Hall–Kier alpha value is -3.77. The van der Waals surface area contributed by atoms with E-state index in [9.17, 15) is 4.79 Å². The maximum atomic E-state index is 12.5. The van der Waals surface area contributed by atoms with Gasteiger partial charge in [0.2, 0.25) is 11.8 Å². The van der Waals surface area contributed by atoms with E-state index in [-0.39, 0.29) is 5.78 Å². The topological polar surface area (TPSA) is 77.0 Å². The highest BCUT2D eigenvalue weighted by molar-refractivity contribution is 6.30. The third kappa shape index (κ3) is 5.73. The van der Waals surface area contributed by atoms with Gasteiger partial charge in [-0.2, -0.15) is 0 Å². The lowest BCUT2D eigenvalue weighted by Crippen LogP contribution is -2.07. The smallest absolute Gasteiger partial charge is 0.228 e. The summed E-state index contributed by atoms with van der Waals surface area (Å²) in [5.74, 6) is 1.77. The van der Waals surface area contributed by atoms with Gasteiger partial charge in [-0.15, -0.1) is 0 Å². The number of anilines is 1. The van der Waals surface area contributed by atoms with Crippen LogP contribution in [0.4, 0.5) is 5.95 Å². The standard InChI is InChI=1S/C26H23ClN4O2/c1-17-13-19(16-21(32)15-18-5-3-6-20(27)14-18)8-9-24(17)33-25-22(7-4-11-29-25)23-10-12-30-26(28-2)31-23/h3-14H,15-16H2,1-2H3,(H,28,30,31). The van der Waals surface area contributed by atoms with Crippen molar-refractivity contribution in [2.24, 2.45) is 0 Å². The van der Waals surface area contributed by atoms with E-state index in [0.717, 1.165) is 22.3 Å². The molecule has 0 atom stereocenters. The zero-order chi connectivity index (χ0) is 23.2. The molecule has 0 amide bonds. The Morgan fingerprint density at radius 3 is 2.55 bits per heavy atom. The van der Waals surface area contributed by atoms with Gasteiger partial charge in [-0.3, -0.25) is 4.79 Å². The molecular weight excluding hydrogens is 436 g/mol. The summed E-state index contributed by atoms with van der Waals surface area (Å²) in [5.41, 5.74) is 4.23. The van der Waals surface area contributed by atoms with Gasteiger partial charge in [0.1, 0.15) is 11.5 Å². The van der Waals surface area contributed by atoms with Crippen LogP contribution < -0.4 is 10.1 Å². The SMILES string of the molecule is CNc1nccc(-c2cccnc2Oc2ccc(CC(=O)Cc3cccc(Cl)c3)cc2C)n1. The van der Waals surface area contributed by atoms with Crippen LogP contribution in [-0.4, -0.2) is 27.8 Å². The van der Waals surface area contributed by atoms with E-state index in [1.165, 1.54) is 0 Å². The van der Waals surface area contributed by atoms with Crippen LogP contribution >= 0.6 is 11.6 Å². The van der Waals surface area contributed by atoms with Crippen molar-refractivity contribution < 1.29 is 9.53 Å². The number of halogens is 1. The van der Waals surface area contributed by atoms with E-state index in [1.54, 1.807) is 25.5 Å². The van der Waals surface area contributed by atoms with Crippen LogP contribution in [0.5, 0.6) is 11.6 Å². The molecule has 0 unspecified atom stereocenters. The highest BCUT2D eigenvalue weighted by Gasteiger charge is 2.13. The van der Waals surface area contributed by atoms with Crippen molar-refractivity contribution >= 4 is 23.3 Å². The average Bonchev–Trinajstić information content (AvgIpc) is 2.81. The second-order valence-corrected chi connectivity index (χ2v) is 8.03. The van der Waals surface area contributed by atoms with Gasteiger partial charge in [-0.1, -0.05) is 35.9 Å². The second kappa shape index (κ2) is 10.2. The Morgan fingerprint density at radius 1 is 0.970 bits per heavy atom. The van der Waals surface area contributed by atoms with Crippen molar-refractivity contribution in [2.75, 3.05) is 12.4 Å². The molecule has 166 valence electrons. The Labute approximate surface area is 197 Å². The fraction of sp³-hybridized carbons (Fsp3) is 0.154. The number of carbonyl (C=O) groups excluding carboxylic acids is 1. The number of nitrogens with one attached hydrogen (secondary N) is 1. The summed E-state index contributed by atoms with van der Waals surface area (Å²) in [7, 11) is 1.77. The van der Waals surface area contributed by atoms with E-state index < -0.39 is 0 Å². The molecule has 0 radical (unpaired) electrons. The number of nitrogens with zero attached hydrogens (tertiary/aromatic N) is 3. The van der Waals surface area contributed by atoms with Crippen LogP contribution in [0, 0.1) is 6.92 Å². The van der Waals surface area contributed by atoms with Gasteiger partial charge in [0.25, 0.3) is 0 Å². The third-order valence-corrected chi connectivity index (χ3v) is 5.30. The van der Waals surface area contributed by atoms with E-state index in [2.05, 4.69) is 20.3 Å². The number of ether oxygens (including phenoxy) is 1. The maximum Gasteiger partial charge on any atom is 0.228 e. The number of pyridine rings is 1. The molecule has 0 saturated heterocycles. The Kier molecular flexibility index (Phi) is 6.95. The number of ketones is 1. The molecule has 0 bridgehead atoms. The monoisotopic (exact) mass is 458 g/mol. The fourth-order valence-electron chi connectivity index (χ4n) is 3.50. The molecule has 0 aliphatic carbocycles. The van der Waals surface area contributed by atoms with E-state index in [1.807, 2.05) is 61.5 Å². The van der Waals surface area contributed by atoms with Crippen LogP contribution in [0.3, 0.4) is 0 Å². The largest absolute Gasteiger partial charge is 0.438 e. The molecule has 6 nitrogen and oxygen atoms in total. The predicted molar refractivity (Wildman–Crippen MR) is 130 cm³/mol. The quantitative estimate of drug-likeness (QED) is 0.365. The zero-order valence-electron chi connectivity index (χ0n) is 18.4. The normalized spacial score (nSPS) is 10.6. The molecule has 2 heterocycles. The fourth-order valence-corrected chi connectivity index (χ4v) is 3.71. The Balaban J connectivity index is 1.50. The van der Waals surface area contributed by atoms with Gasteiger partial charge in [0.05, 0.1) is 11.3 Å². The summed E-state index contributed by atoms with van der Waals surface area (Å²) >= 11 is 6.02. The maximum absolute atomic E-state index is 12.5. The third-order valence-electron chi connectivity index (χ3n) is 5.06. The number of hydrogen-bond donors (Lipinski definition) is 1. The predicted octanol–water partition coefficient (Wildman–Crippen LogP) is 5.69. The van der Waals surface area contributed by atoms with Crippen molar-refractivity contribution in [2.45, 2.75) is 19.8 Å². The lowest BCUT2D eigenvalue weighted by Gasteiger charge is -2.13. The molecule has 0 aliphatic rings. The van der Waals surface area contributed by atoms with Crippen LogP contribution in [0.15, 0.2) is 73.1 Å². The molecule has 0 fully saturated rings. The van der Waals surface area contributed by atoms with E-state index >= 15 is 0 Å². The minimum atomic E-state index is 0.126. The number of hydrogen-bond acceptors (Lipinski definition) is 6. The van der Waals surface area contributed by atoms with Gasteiger partial charge in [-0.05, 0) is 60.0 Å². The molecular formula is C26H23ClN4O2. The molecule has 33 heavy (non-hydrogen) atoms. The number of rotatable bonds is 8. The summed E-state index contributed by atoms with van der Waals surface area (Å²) in [5, 5.41) is 3.57. The first-order valence-electron chi connectivity index (χ1n) is 10.5. The molecule has 4 aromatic rings. The van der Waals surface area contributed by atoms with Gasteiger partial charge >= 0.3 is 0 Å². The lowest BCUT2D eigenvalue weighted by molar-refractivity contribution is -0.117. The number of aromatic nitrogens is 3. The summed E-state index contributed by atoms with van der Waals surface area (Å²) < 4.78 is 6.15. The van der Waals surface area contributed by atoms with E-state index in [0.29, 0.717) is 41.1 Å². The van der Waals surface area contributed by atoms with Crippen LogP contribution in [0.2, 0.25) is 5.02 Å². The van der Waals surface area contributed by atoms with Crippen LogP contribution in [0.1, 0.15) is 16.7 Å². The summed E-state index contributed by atoms with van der Waals surface area (Å²) in [6.07, 6.45) is 4.06. The number of benzene rings is 2. The molecule has 0 aliphatic heterocycles. The average molecular weight is 459 g/mol. The number of carbonyl (C=O) groups is 1. The van der Waals surface area contributed by atoms with Gasteiger partial charge < -0.3 is 10.1 Å². The summed E-state index contributed by atoms with van der Waals surface area (Å²) in [4.78, 5) is 25.6. The first kappa shape index (κ1) is 22.4. The molecule has 4 rings (SSSR count). The molecule has 0 spiro atoms. The number of aryl methyl sites for hydroxylation is 1. The van der Waals surface area contributed by atoms with Crippen molar-refractivity contribution in [3.63, 3.8) is 0 Å². The molecule has 0 saturated carbocycles. The van der Waals surface area contributed by atoms with Crippen molar-refractivity contribution in [3.05, 3.63) is 94.8 Å². The minimum Gasteiger partial charge on any atom is -0.438 e. The van der Waals surface area contributed by atoms with Gasteiger partial charge in [-0.25, -0.2) is 15.0 Å². The Bertz CT molecular complexity index is 1290. The van der Waals surface area contributed by atoms with Crippen LogP contribution in [0.25, 0.3) is 11.3 Å². The van der Waals surface area contributed by atoms with Gasteiger partial charge in [0.15, 0.2) is 0 Å². The molecule has 1 N–H and O–H groups in total. The second-order valence-electron chi connectivity index (χ2n) is 7.60. The van der Waals surface area contributed by atoms with Crippen molar-refractivity contribution in [3.8, 4) is 22.9 Å². The van der Waals surface area contributed by atoms with Crippen LogP contribution in [-0.2, 0) is 17.6 Å². The summed E-state index contributed by atoms with van der Waals surface area (Å²) in [6, 6.07) is 18.7. The van der Waals surface area contributed by atoms with E-state index in [4.69, 9.17) is 16.3 Å². The highest BCUT2D eigenvalue weighted by Crippen LogP contribution is 2.32. The first-order valence-corrected chi connectivity index (χ1v) is 10.9. The number of Topliss-reactive ketones (excluding diaryl/α,β-unsaturated/α-hetero) is 1. The molecule has 2 aromatic heterocycles. The highest BCUT2D eigenvalue weighted by atomic mass is 35.5. The minimum absolute atomic E-state index is 0.126. The first-order chi connectivity index (χ1) is 16.0. The molecule has 7 heteroatoms. The zero-order valence-corrected chi connectivity index (χ0v) is 19.1. The van der Waals surface area contributed by atoms with Gasteiger partial charge in [0, 0.05) is 37.3 Å².